The molecule has 0 aliphatic carbocycles. The number of benzene rings is 8. The maximum Gasteiger partial charge on any atom is 0.164 e. The number of hydrogen-bond donors (Lipinski definition) is 0. The van der Waals surface area contributed by atoms with Crippen LogP contribution in [-0.2, 0) is 21.7 Å². The van der Waals surface area contributed by atoms with E-state index in [0.29, 0.717) is 23.0 Å². The SMILES string of the molecule is CC(C)(C)c1ccc2c(c1)c1cc(C(C)(C)C)ccc1n2-c1ccc(-c2nc(-c3ccccc3)nc(-c3ccccc3)n2)cc1-c1ccc(C#N)cc1-n1c2ccc(C(C)(C)C)cc2c2cc(C(C)(C)C)ccc21. The highest BCUT2D eigenvalue weighted by Gasteiger charge is 2.27. The maximum atomic E-state index is 10.7. The van der Waals surface area contributed by atoms with Gasteiger partial charge in [0, 0.05) is 49.4 Å². The second-order valence-electron chi connectivity index (χ2n) is 24.2. The topological polar surface area (TPSA) is 72.3 Å². The molecule has 11 rings (SSSR count). The molecule has 0 N–H and O–H groups in total. The van der Waals surface area contributed by atoms with Crippen LogP contribution >= 0.6 is 0 Å². The molecule has 8 aromatic carbocycles. The number of nitrogens with zero attached hydrogens (tertiary/aromatic N) is 6. The summed E-state index contributed by atoms with van der Waals surface area (Å²) in [5.74, 6) is 1.76. The van der Waals surface area contributed by atoms with Crippen molar-refractivity contribution in [2.24, 2.45) is 0 Å². The van der Waals surface area contributed by atoms with E-state index in [1.54, 1.807) is 0 Å². The Morgan fingerprint density at radius 2 is 0.703 bits per heavy atom. The van der Waals surface area contributed by atoms with E-state index in [4.69, 9.17) is 15.0 Å². The minimum Gasteiger partial charge on any atom is -0.309 e. The van der Waals surface area contributed by atoms with E-state index in [2.05, 4.69) is 201 Å². The molecule has 0 amide bonds. The van der Waals surface area contributed by atoms with Crippen LogP contribution in [0.3, 0.4) is 0 Å². The molecule has 3 aromatic heterocycles. The summed E-state index contributed by atoms with van der Waals surface area (Å²) in [6, 6.07) is 63.5. The fourth-order valence-corrected chi connectivity index (χ4v) is 10.5. The van der Waals surface area contributed by atoms with Crippen molar-refractivity contribution in [1.29, 1.82) is 5.26 Å². The second kappa shape index (κ2) is 17.5. The van der Waals surface area contributed by atoms with Crippen LogP contribution in [0.25, 0.3) is 100 Å². The Kier molecular flexibility index (Phi) is 11.4. The van der Waals surface area contributed by atoms with Crippen molar-refractivity contribution < 1.29 is 0 Å². The molecule has 0 saturated carbocycles. The highest BCUT2D eigenvalue weighted by atomic mass is 15.0. The third-order valence-electron chi connectivity index (χ3n) is 14.8. The van der Waals surface area contributed by atoms with Gasteiger partial charge in [-0.25, -0.2) is 15.0 Å². The quantitative estimate of drug-likeness (QED) is 0.166. The van der Waals surface area contributed by atoms with E-state index >= 15 is 0 Å². The molecule has 11 aromatic rings. The van der Waals surface area contributed by atoms with Crippen LogP contribution in [0.2, 0.25) is 0 Å². The average Bonchev–Trinajstić information content (AvgIpc) is 3.89. The molecule has 6 heteroatoms. The van der Waals surface area contributed by atoms with E-state index in [1.165, 1.54) is 43.8 Å². The summed E-state index contributed by atoms with van der Waals surface area (Å²) in [4.78, 5) is 15.6. The second-order valence-corrected chi connectivity index (χ2v) is 24.2. The van der Waals surface area contributed by atoms with Crippen molar-refractivity contribution in [3.05, 3.63) is 198 Å². The fraction of sp³-hybridized carbons (Fsp3) is 0.235. The Bertz CT molecular complexity index is 3840. The Morgan fingerprint density at radius 1 is 0.338 bits per heavy atom. The van der Waals surface area contributed by atoms with Crippen molar-refractivity contribution >= 4 is 43.6 Å². The molecule has 0 aliphatic rings. The summed E-state index contributed by atoms with van der Waals surface area (Å²) in [7, 11) is 0. The van der Waals surface area contributed by atoms with Crippen LogP contribution in [0, 0.1) is 11.3 Å². The first kappa shape index (κ1) is 48.1. The molecule has 0 radical (unpaired) electrons. The lowest BCUT2D eigenvalue weighted by molar-refractivity contribution is 0.590. The standard InChI is InChI=1S/C68H64N6/c1-65(2,3)46-25-31-57-52(37-46)53-38-47(66(4,5)6)26-32-58(53)73(57)56-30-24-45(64-71-62(43-19-15-13-16-20-43)70-63(72-64)44-21-17-14-18-22-44)36-51(56)50-29-23-42(41-69)35-61(50)74-59-33-27-48(67(7,8)9)39-54(59)55-40-49(68(10,11)12)28-34-60(55)74/h13-40H,1-12H3. The van der Waals surface area contributed by atoms with E-state index in [-0.39, 0.29) is 21.7 Å². The zero-order chi connectivity index (χ0) is 52.1. The van der Waals surface area contributed by atoms with Crippen molar-refractivity contribution in [3.8, 4) is 62.7 Å². The van der Waals surface area contributed by atoms with Gasteiger partial charge in [0.05, 0.1) is 45.1 Å². The maximum absolute atomic E-state index is 10.7. The lowest BCUT2D eigenvalue weighted by Gasteiger charge is -2.22. The van der Waals surface area contributed by atoms with Crippen molar-refractivity contribution in [3.63, 3.8) is 0 Å². The van der Waals surface area contributed by atoms with Gasteiger partial charge in [0.2, 0.25) is 0 Å². The van der Waals surface area contributed by atoms with Gasteiger partial charge in [-0.1, -0.05) is 174 Å². The van der Waals surface area contributed by atoms with E-state index in [1.807, 2.05) is 66.7 Å². The normalized spacial score (nSPS) is 12.6. The number of aromatic nitrogens is 5. The van der Waals surface area contributed by atoms with Crippen LogP contribution < -0.4 is 0 Å². The fourth-order valence-electron chi connectivity index (χ4n) is 10.5. The van der Waals surface area contributed by atoms with Gasteiger partial charge in [-0.3, -0.25) is 0 Å². The minimum absolute atomic E-state index is 0.0558. The van der Waals surface area contributed by atoms with Gasteiger partial charge in [0.1, 0.15) is 0 Å². The van der Waals surface area contributed by atoms with Crippen molar-refractivity contribution in [2.45, 2.75) is 105 Å². The van der Waals surface area contributed by atoms with Crippen LogP contribution in [0.1, 0.15) is 111 Å². The van der Waals surface area contributed by atoms with Gasteiger partial charge >= 0.3 is 0 Å². The van der Waals surface area contributed by atoms with Crippen LogP contribution in [0.5, 0.6) is 0 Å². The lowest BCUT2D eigenvalue weighted by Crippen LogP contribution is -2.10. The summed E-state index contributed by atoms with van der Waals surface area (Å²) in [6.07, 6.45) is 0. The summed E-state index contributed by atoms with van der Waals surface area (Å²) in [6.45, 7) is 27.4. The minimum atomic E-state index is -0.0646. The lowest BCUT2D eigenvalue weighted by atomic mass is 9.85. The van der Waals surface area contributed by atoms with Gasteiger partial charge < -0.3 is 9.13 Å². The summed E-state index contributed by atoms with van der Waals surface area (Å²) < 4.78 is 4.83. The Balaban J connectivity index is 1.27. The van der Waals surface area contributed by atoms with Gasteiger partial charge in [-0.2, -0.15) is 5.26 Å². The Hall–Kier alpha value is -8.14. The van der Waals surface area contributed by atoms with E-state index < -0.39 is 0 Å². The molecule has 0 spiro atoms. The van der Waals surface area contributed by atoms with Crippen LogP contribution in [-0.4, -0.2) is 24.1 Å². The first-order valence-corrected chi connectivity index (χ1v) is 25.9. The zero-order valence-corrected chi connectivity index (χ0v) is 44.8. The molecular formula is C68H64N6. The highest BCUT2D eigenvalue weighted by molar-refractivity contribution is 6.12. The molecule has 0 atom stereocenters. The summed E-state index contributed by atoms with van der Waals surface area (Å²) in [5, 5.41) is 15.5. The smallest absolute Gasteiger partial charge is 0.164 e. The predicted molar refractivity (Wildman–Crippen MR) is 310 cm³/mol. The monoisotopic (exact) mass is 965 g/mol. The molecule has 0 bridgehead atoms. The molecule has 3 heterocycles. The van der Waals surface area contributed by atoms with E-state index in [0.717, 1.165) is 61.3 Å². The summed E-state index contributed by atoms with van der Waals surface area (Å²) in [5.41, 5.74) is 16.3. The van der Waals surface area contributed by atoms with Gasteiger partial charge in [0.25, 0.3) is 0 Å². The molecule has 0 unspecified atom stereocenters. The highest BCUT2D eigenvalue weighted by Crippen LogP contribution is 2.45. The Morgan fingerprint density at radius 3 is 1.07 bits per heavy atom. The predicted octanol–water partition coefficient (Wildman–Crippen LogP) is 17.8. The summed E-state index contributed by atoms with van der Waals surface area (Å²) >= 11 is 0. The molecule has 366 valence electrons. The van der Waals surface area contributed by atoms with Crippen LogP contribution in [0.15, 0.2) is 170 Å². The van der Waals surface area contributed by atoms with Crippen molar-refractivity contribution in [2.75, 3.05) is 0 Å². The molecule has 74 heavy (non-hydrogen) atoms. The van der Waals surface area contributed by atoms with E-state index in [9.17, 15) is 5.26 Å². The molecule has 0 aliphatic heterocycles. The molecular weight excluding hydrogens is 901 g/mol. The molecule has 0 fully saturated rings. The van der Waals surface area contributed by atoms with Gasteiger partial charge in [-0.15, -0.1) is 0 Å². The largest absolute Gasteiger partial charge is 0.309 e. The number of fused-ring (bicyclic) bond motifs is 6. The zero-order valence-electron chi connectivity index (χ0n) is 44.8. The Labute approximate surface area is 436 Å². The number of nitriles is 1. The first-order valence-electron chi connectivity index (χ1n) is 25.9. The van der Waals surface area contributed by atoms with Gasteiger partial charge in [0.15, 0.2) is 17.5 Å². The van der Waals surface area contributed by atoms with Crippen molar-refractivity contribution in [1.82, 2.24) is 24.1 Å². The third-order valence-corrected chi connectivity index (χ3v) is 14.8. The third kappa shape index (κ3) is 8.54. The van der Waals surface area contributed by atoms with Gasteiger partial charge in [-0.05, 0) is 123 Å². The number of rotatable bonds is 6. The van der Waals surface area contributed by atoms with Crippen LogP contribution in [0.4, 0.5) is 0 Å². The first-order chi connectivity index (χ1) is 35.2. The number of hydrogen-bond acceptors (Lipinski definition) is 4. The molecule has 0 saturated heterocycles. The molecule has 6 nitrogen and oxygen atoms in total. The average molecular weight is 965 g/mol.